The molecule has 0 aromatic rings. The molecule has 12 atom stereocenters. The topological polar surface area (TPSA) is 127 Å². The second-order valence-electron chi connectivity index (χ2n) is 15.1. The summed E-state index contributed by atoms with van der Waals surface area (Å²) >= 11 is 1.53. The zero-order valence-corrected chi connectivity index (χ0v) is 36.1. The number of hydrogen-bond acceptors (Lipinski definition) is 10. The molecule has 0 amide bonds. The molecule has 0 aromatic carbocycles. The summed E-state index contributed by atoms with van der Waals surface area (Å²) in [4.78, 5) is 18.9. The lowest BCUT2D eigenvalue weighted by Gasteiger charge is -2.42. The highest BCUT2D eigenvalue weighted by Crippen LogP contribution is 2.40. The van der Waals surface area contributed by atoms with E-state index in [0.717, 1.165) is 25.0 Å². The molecule has 0 bridgehead atoms. The van der Waals surface area contributed by atoms with E-state index in [1.807, 2.05) is 54.7 Å². The van der Waals surface area contributed by atoms with E-state index < -0.39 is 34.9 Å². The van der Waals surface area contributed by atoms with E-state index >= 15 is 0 Å². The quantitative estimate of drug-likeness (QED) is 0.134. The Morgan fingerprint density at radius 1 is 0.900 bits per heavy atom. The van der Waals surface area contributed by atoms with Gasteiger partial charge in [-0.25, -0.2) is 0 Å². The molecule has 0 spiro atoms. The Balaban J connectivity index is 0. The molecular formula is C40H81NO8S. The molecule has 1 saturated carbocycles. The van der Waals surface area contributed by atoms with Gasteiger partial charge in [-0.1, -0.05) is 93.7 Å². The average Bonchev–Trinajstić information content (AvgIpc) is 3.08. The molecule has 1 aliphatic carbocycles. The summed E-state index contributed by atoms with van der Waals surface area (Å²) < 4.78 is 16.5. The van der Waals surface area contributed by atoms with Crippen molar-refractivity contribution in [3.63, 3.8) is 0 Å². The maximum atomic E-state index is 13.4. The second-order valence-corrected chi connectivity index (χ2v) is 15.9. The summed E-state index contributed by atoms with van der Waals surface area (Å²) in [6.07, 6.45) is 5.53. The maximum absolute atomic E-state index is 13.4. The van der Waals surface area contributed by atoms with Gasteiger partial charge in [0.25, 0.3) is 0 Å². The highest BCUT2D eigenvalue weighted by molar-refractivity contribution is 7.98. The number of oxime groups is 1. The smallest absolute Gasteiger partial charge is 0.162 e. The van der Waals surface area contributed by atoms with Crippen molar-refractivity contribution in [3.8, 4) is 0 Å². The number of Topliss-reactive ketones (excluding diaryl/α,β-unsaturated/α-hetero) is 1. The van der Waals surface area contributed by atoms with Crippen LogP contribution in [0.2, 0.25) is 0 Å². The number of carbonyl (C=O) groups excluding carboxylic acids is 1. The monoisotopic (exact) mass is 736 g/mol. The molecule has 3 N–H and O–H groups in total. The number of rotatable bonds is 7. The van der Waals surface area contributed by atoms with Crippen LogP contribution in [0.5, 0.6) is 0 Å². The summed E-state index contributed by atoms with van der Waals surface area (Å²) in [7, 11) is 3.37. The van der Waals surface area contributed by atoms with Crippen LogP contribution >= 0.6 is 11.8 Å². The van der Waals surface area contributed by atoms with Crippen molar-refractivity contribution in [2.75, 3.05) is 33.0 Å². The fourth-order valence-corrected chi connectivity index (χ4v) is 7.76. The molecule has 10 heteroatoms. The average molecular weight is 736 g/mol. The molecule has 1 heterocycles. The van der Waals surface area contributed by atoms with Gasteiger partial charge in [-0.3, -0.25) is 4.79 Å². The Kier molecular flexibility index (Phi) is 26.0. The van der Waals surface area contributed by atoms with Crippen molar-refractivity contribution in [1.29, 1.82) is 0 Å². The van der Waals surface area contributed by atoms with Crippen LogP contribution in [0, 0.1) is 35.5 Å². The van der Waals surface area contributed by atoms with Gasteiger partial charge in [0.2, 0.25) is 0 Å². The molecule has 1 aliphatic heterocycles. The number of methoxy groups -OCH3 is 2. The first-order chi connectivity index (χ1) is 23.3. The highest BCUT2D eigenvalue weighted by atomic mass is 32.2. The third-order valence-electron chi connectivity index (χ3n) is 11.0. The predicted molar refractivity (Wildman–Crippen MR) is 211 cm³/mol. The summed E-state index contributed by atoms with van der Waals surface area (Å²) in [6.45, 7) is 28.8. The van der Waals surface area contributed by atoms with Gasteiger partial charge in [0.05, 0.1) is 34.7 Å². The highest BCUT2D eigenvalue weighted by Gasteiger charge is 2.46. The van der Waals surface area contributed by atoms with E-state index in [1.165, 1.54) is 18.2 Å². The predicted octanol–water partition coefficient (Wildman–Crippen LogP) is 8.55. The van der Waals surface area contributed by atoms with Crippen molar-refractivity contribution >= 4 is 23.3 Å². The normalized spacial score (nSPS) is 39.4. The van der Waals surface area contributed by atoms with Gasteiger partial charge in [0.1, 0.15) is 11.9 Å². The minimum atomic E-state index is -1.44. The summed E-state index contributed by atoms with van der Waals surface area (Å²) in [5, 5.41) is 37.1. The minimum absolute atomic E-state index is 0.0263. The van der Waals surface area contributed by atoms with Crippen LogP contribution in [0.15, 0.2) is 5.16 Å². The largest absolute Gasteiger partial charge is 0.389 e. The number of ketones is 1. The van der Waals surface area contributed by atoms with Crippen LogP contribution in [0.3, 0.4) is 0 Å². The summed E-state index contributed by atoms with van der Waals surface area (Å²) in [5.41, 5.74) is -1.56. The van der Waals surface area contributed by atoms with Crippen LogP contribution in [0.25, 0.3) is 0 Å². The van der Waals surface area contributed by atoms with Crippen molar-refractivity contribution in [2.45, 2.75) is 177 Å². The third-order valence-corrected chi connectivity index (χ3v) is 11.3. The summed E-state index contributed by atoms with van der Waals surface area (Å²) in [5.74, 6) is 0.162. The summed E-state index contributed by atoms with van der Waals surface area (Å²) in [6, 6.07) is 0. The Morgan fingerprint density at radius 3 is 1.90 bits per heavy atom. The lowest BCUT2D eigenvalue weighted by atomic mass is 9.68. The lowest BCUT2D eigenvalue weighted by molar-refractivity contribution is -0.188. The fraction of sp³-hybridized carbons (Fsp3) is 0.950. The van der Waals surface area contributed by atoms with Crippen LogP contribution in [0.4, 0.5) is 0 Å². The number of aliphatic hydroxyl groups is 3. The van der Waals surface area contributed by atoms with Crippen LogP contribution in [-0.2, 0) is 23.8 Å². The van der Waals surface area contributed by atoms with Crippen molar-refractivity contribution in [1.82, 2.24) is 0 Å². The van der Waals surface area contributed by atoms with Gasteiger partial charge in [0, 0.05) is 51.4 Å². The van der Waals surface area contributed by atoms with Crippen LogP contribution < -0.4 is 0 Å². The van der Waals surface area contributed by atoms with E-state index in [9.17, 15) is 20.1 Å². The Hall–Kier alpha value is -0.750. The van der Waals surface area contributed by atoms with Crippen molar-refractivity contribution in [2.24, 2.45) is 40.7 Å². The number of thioether (sulfide) groups is 1. The third kappa shape index (κ3) is 15.3. The molecule has 300 valence electrons. The standard InChI is InChI=1S/C27H51NO5S.C8H16O3.C3H8.C2H6/c1-11-21-13-23(29)19(5)22(12-2)17(3)14-26(7,32-9)15-18(4)24(28-33-16-34-10)20(6)25(30)27(21,8)31;1-6-7(9)8(2,10-3)4-5-11-6;1-3-2;1-2/h17-22,25,30-31H,11-16H2,1-10H3;6-7,9H,4-5H2,1-3H3;3H2,1-2H3;1-2H3/b28-24+;;;/t17-,18-,19?,20?,21+,22+,25?,26+,27-;6?,7-,8+;;/m10../s1. The lowest BCUT2D eigenvalue weighted by Crippen LogP contribution is -2.52. The molecule has 2 aliphatic rings. The van der Waals surface area contributed by atoms with Crippen LogP contribution in [0.1, 0.15) is 142 Å². The van der Waals surface area contributed by atoms with Gasteiger partial charge < -0.3 is 34.4 Å². The first-order valence-corrected chi connectivity index (χ1v) is 20.7. The van der Waals surface area contributed by atoms with Gasteiger partial charge in [-0.05, 0) is 64.5 Å². The number of aliphatic hydroxyl groups excluding tert-OH is 2. The van der Waals surface area contributed by atoms with Gasteiger partial charge in [-0.2, -0.15) is 0 Å². The molecule has 0 aromatic heterocycles. The maximum Gasteiger partial charge on any atom is 0.162 e. The van der Waals surface area contributed by atoms with Gasteiger partial charge in [0.15, 0.2) is 5.94 Å². The number of hydrogen-bond donors (Lipinski definition) is 3. The van der Waals surface area contributed by atoms with E-state index in [0.29, 0.717) is 31.3 Å². The van der Waals surface area contributed by atoms with Crippen LogP contribution in [-0.4, -0.2) is 95.0 Å². The molecule has 0 radical (unpaired) electrons. The van der Waals surface area contributed by atoms with Gasteiger partial charge >= 0.3 is 0 Å². The zero-order chi connectivity index (χ0) is 39.5. The molecule has 4 unspecified atom stereocenters. The first kappa shape index (κ1) is 51.4. The van der Waals surface area contributed by atoms with Crippen molar-refractivity contribution in [3.05, 3.63) is 0 Å². The van der Waals surface area contributed by atoms with E-state index in [2.05, 4.69) is 46.7 Å². The Morgan fingerprint density at radius 2 is 1.46 bits per heavy atom. The molecule has 2 rings (SSSR count). The van der Waals surface area contributed by atoms with E-state index in [4.69, 9.17) is 19.0 Å². The van der Waals surface area contributed by atoms with E-state index in [1.54, 1.807) is 21.1 Å². The minimum Gasteiger partial charge on any atom is -0.389 e. The molecule has 2 fully saturated rings. The second kappa shape index (κ2) is 25.3. The van der Waals surface area contributed by atoms with Gasteiger partial charge in [-0.15, -0.1) is 11.8 Å². The molecule has 1 saturated heterocycles. The fourth-order valence-electron chi connectivity index (χ4n) is 7.61. The molecule has 9 nitrogen and oxygen atoms in total. The molecule has 50 heavy (non-hydrogen) atoms. The molecular weight excluding hydrogens is 655 g/mol. The Bertz CT molecular complexity index is 935. The Labute approximate surface area is 312 Å². The number of carbonyl (C=O) groups is 1. The zero-order valence-electron chi connectivity index (χ0n) is 35.3. The SMILES string of the molecule is CC.CCC.CC[C@H]1CC(=O)C(C)[C@@H](CC)[C@H](C)C[C@](C)(OC)C[C@@H](C)/C(=N\OCSC)C(C)C(O)[C@]1(C)O.CO[C@]1(C)CCOC(C)[C@@H]1O. The number of ether oxygens (including phenoxy) is 3. The first-order valence-electron chi connectivity index (χ1n) is 19.3. The number of nitrogens with zero attached hydrogens (tertiary/aromatic N) is 1. The van der Waals surface area contributed by atoms with E-state index in [-0.39, 0.29) is 42.0 Å². The van der Waals surface area contributed by atoms with Crippen molar-refractivity contribution < 1.29 is 39.2 Å².